The van der Waals surface area contributed by atoms with Crippen molar-refractivity contribution < 1.29 is 43.2 Å². The number of aromatic amines is 1. The number of rotatable bonds is 14. The van der Waals surface area contributed by atoms with Gasteiger partial charge in [-0.15, -0.1) is 0 Å². The van der Waals surface area contributed by atoms with Gasteiger partial charge in [0.2, 0.25) is 11.8 Å². The molecule has 1 aromatic heterocycles. The van der Waals surface area contributed by atoms with Gasteiger partial charge in [0.1, 0.15) is 17.5 Å². The van der Waals surface area contributed by atoms with Crippen LogP contribution in [0.3, 0.4) is 0 Å². The number of fused-ring (bicyclic) bond motifs is 1. The summed E-state index contributed by atoms with van der Waals surface area (Å²) in [5, 5.41) is 9.01. The van der Waals surface area contributed by atoms with Gasteiger partial charge in [0.05, 0.1) is 20.3 Å². The maximum atomic E-state index is 13.6. The molecule has 4 atom stereocenters. The summed E-state index contributed by atoms with van der Waals surface area (Å²) in [6.45, 7) is 5.39. The predicted molar refractivity (Wildman–Crippen MR) is 147 cm³/mol. The molecule has 1 fully saturated rings. The third kappa shape index (κ3) is 7.97. The zero-order chi connectivity index (χ0) is 30.1. The molecule has 0 saturated carbocycles. The van der Waals surface area contributed by atoms with E-state index in [-0.39, 0.29) is 23.9 Å². The van der Waals surface area contributed by atoms with E-state index in [0.717, 1.165) is 7.11 Å². The number of carbonyl (C=O) groups is 5. The fourth-order valence-corrected chi connectivity index (χ4v) is 5.08. The fourth-order valence-electron chi connectivity index (χ4n) is 5.08. The topological polar surface area (TPSA) is 174 Å². The molecule has 3 rings (SSSR count). The molecule has 3 amide bonds. The Kier molecular flexibility index (Phi) is 11.1. The first-order valence-electron chi connectivity index (χ1n) is 13.5. The first kappa shape index (κ1) is 31.4. The zero-order valence-electron chi connectivity index (χ0n) is 23.9. The van der Waals surface area contributed by atoms with Gasteiger partial charge in [0, 0.05) is 23.4 Å². The standard InChI is InChI=1S/C28H38N4O9/c1-6-16(17-10-11-29-25(17)34)24(22(33)14-40-41-28(37)39-5)32-27(36)20(12-15(2)3)31-26(35)21-13-18-19(30-21)8-7-9-23(18)38-4/h7-9,13,15-17,20,24,30H,6,10-12,14H2,1-5H3,(H,29,34)(H,31,35)(H,32,36)/t16?,17-,20-,24-/m0/s1. The van der Waals surface area contributed by atoms with Gasteiger partial charge in [-0.2, -0.15) is 4.89 Å². The molecule has 1 unspecified atom stereocenters. The minimum absolute atomic E-state index is 0.0161. The summed E-state index contributed by atoms with van der Waals surface area (Å²) in [6.07, 6.45) is 0.0250. The Balaban J connectivity index is 1.82. The number of benzene rings is 1. The van der Waals surface area contributed by atoms with Crippen molar-refractivity contribution in [2.45, 2.75) is 52.1 Å². The normalized spacial score (nSPS) is 16.9. The highest BCUT2D eigenvalue weighted by Gasteiger charge is 2.41. The summed E-state index contributed by atoms with van der Waals surface area (Å²) in [4.78, 5) is 76.0. The van der Waals surface area contributed by atoms with Crippen molar-refractivity contribution in [3.63, 3.8) is 0 Å². The van der Waals surface area contributed by atoms with E-state index in [1.165, 1.54) is 7.11 Å². The molecule has 0 bridgehead atoms. The Hall–Kier alpha value is -4.13. The van der Waals surface area contributed by atoms with Crippen molar-refractivity contribution in [3.05, 3.63) is 30.0 Å². The van der Waals surface area contributed by atoms with Crippen LogP contribution in [0.2, 0.25) is 0 Å². The lowest BCUT2D eigenvalue weighted by atomic mass is 9.81. The van der Waals surface area contributed by atoms with Gasteiger partial charge in [-0.1, -0.05) is 33.3 Å². The Morgan fingerprint density at radius 3 is 2.49 bits per heavy atom. The largest absolute Gasteiger partial charge is 0.540 e. The van der Waals surface area contributed by atoms with Crippen molar-refractivity contribution in [2.24, 2.45) is 17.8 Å². The van der Waals surface area contributed by atoms with Crippen LogP contribution in [0.25, 0.3) is 10.9 Å². The lowest BCUT2D eigenvalue weighted by molar-refractivity contribution is -0.249. The van der Waals surface area contributed by atoms with Crippen molar-refractivity contribution in [3.8, 4) is 5.75 Å². The highest BCUT2D eigenvalue weighted by molar-refractivity contribution is 6.02. The van der Waals surface area contributed by atoms with Crippen molar-refractivity contribution in [1.82, 2.24) is 20.9 Å². The van der Waals surface area contributed by atoms with Crippen LogP contribution < -0.4 is 20.7 Å². The number of amides is 3. The summed E-state index contributed by atoms with van der Waals surface area (Å²) in [6, 6.07) is 4.88. The lowest BCUT2D eigenvalue weighted by Gasteiger charge is -2.31. The van der Waals surface area contributed by atoms with Crippen LogP contribution in [0.1, 0.15) is 50.5 Å². The van der Waals surface area contributed by atoms with Crippen LogP contribution >= 0.6 is 0 Å². The van der Waals surface area contributed by atoms with Crippen LogP contribution in [-0.4, -0.2) is 74.1 Å². The predicted octanol–water partition coefficient (Wildman–Crippen LogP) is 2.25. The number of nitrogens with one attached hydrogen (secondary N) is 4. The molecule has 0 radical (unpaired) electrons. The first-order valence-corrected chi connectivity index (χ1v) is 13.5. The van der Waals surface area contributed by atoms with Gasteiger partial charge in [-0.3, -0.25) is 24.1 Å². The Labute approximate surface area is 237 Å². The first-order chi connectivity index (χ1) is 19.6. The average molecular weight is 575 g/mol. The van der Waals surface area contributed by atoms with Crippen molar-refractivity contribution >= 4 is 40.6 Å². The minimum atomic E-state index is -1.15. The summed E-state index contributed by atoms with van der Waals surface area (Å²) in [5.41, 5.74) is 0.931. The monoisotopic (exact) mass is 574 g/mol. The smallest absolute Gasteiger partial charge is 0.496 e. The summed E-state index contributed by atoms with van der Waals surface area (Å²) >= 11 is 0. The second kappa shape index (κ2) is 14.5. The minimum Gasteiger partial charge on any atom is -0.496 e. The number of hydrogen-bond donors (Lipinski definition) is 4. The van der Waals surface area contributed by atoms with Crippen molar-refractivity contribution in [2.75, 3.05) is 27.4 Å². The van der Waals surface area contributed by atoms with E-state index in [1.807, 2.05) is 20.8 Å². The molecule has 13 heteroatoms. The van der Waals surface area contributed by atoms with Gasteiger partial charge >= 0.3 is 6.16 Å². The highest BCUT2D eigenvalue weighted by atomic mass is 17.2. The van der Waals surface area contributed by atoms with Crippen LogP contribution in [0, 0.1) is 17.8 Å². The highest BCUT2D eigenvalue weighted by Crippen LogP contribution is 2.28. The van der Waals surface area contributed by atoms with Gasteiger partial charge in [0.25, 0.3) is 5.91 Å². The van der Waals surface area contributed by atoms with E-state index in [0.29, 0.717) is 36.0 Å². The Morgan fingerprint density at radius 1 is 1.12 bits per heavy atom. The van der Waals surface area contributed by atoms with Gasteiger partial charge < -0.3 is 30.4 Å². The Bertz CT molecular complexity index is 1260. The van der Waals surface area contributed by atoms with E-state index < -0.39 is 54.3 Å². The summed E-state index contributed by atoms with van der Waals surface area (Å²) < 4.78 is 9.69. The number of methoxy groups -OCH3 is 2. The van der Waals surface area contributed by atoms with E-state index in [1.54, 1.807) is 24.3 Å². The maximum Gasteiger partial charge on any atom is 0.540 e. The van der Waals surface area contributed by atoms with Crippen LogP contribution in [0.5, 0.6) is 5.75 Å². The molecule has 1 aliphatic rings. The maximum absolute atomic E-state index is 13.6. The van der Waals surface area contributed by atoms with Gasteiger partial charge in [-0.05, 0) is 42.9 Å². The SMILES string of the molecule is CCC([C@@H]1CCNC1=O)[C@H](NC(=O)[C@H](CC(C)C)NC(=O)c1cc2c(OC)cccc2[nH]1)C(=O)COOC(=O)OC. The van der Waals surface area contributed by atoms with Crippen LogP contribution in [0.15, 0.2) is 24.3 Å². The molecule has 1 saturated heterocycles. The number of Topliss-reactive ketones (excluding diaryl/α,β-unsaturated/α-hetero) is 1. The summed E-state index contributed by atoms with van der Waals surface area (Å²) in [5.74, 6) is -2.39. The molecule has 41 heavy (non-hydrogen) atoms. The number of carbonyl (C=O) groups excluding carboxylic acids is 5. The molecule has 224 valence electrons. The number of H-pyrrole nitrogens is 1. The number of ketones is 1. The zero-order valence-corrected chi connectivity index (χ0v) is 23.9. The second-order valence-corrected chi connectivity index (χ2v) is 10.3. The molecular weight excluding hydrogens is 536 g/mol. The molecule has 1 aromatic carbocycles. The van der Waals surface area contributed by atoms with Gasteiger partial charge in [-0.25, -0.2) is 4.79 Å². The second-order valence-electron chi connectivity index (χ2n) is 10.3. The van der Waals surface area contributed by atoms with E-state index in [9.17, 15) is 24.0 Å². The number of aromatic nitrogens is 1. The van der Waals surface area contributed by atoms with Crippen LogP contribution in [-0.2, 0) is 28.9 Å². The molecule has 1 aliphatic heterocycles. The third-order valence-corrected chi connectivity index (χ3v) is 7.06. The summed E-state index contributed by atoms with van der Waals surface area (Å²) in [7, 11) is 2.62. The molecule has 2 heterocycles. The molecule has 0 spiro atoms. The molecule has 13 nitrogen and oxygen atoms in total. The number of hydrogen-bond acceptors (Lipinski definition) is 9. The fraction of sp³-hybridized carbons (Fsp3) is 0.536. The Morgan fingerprint density at radius 2 is 1.88 bits per heavy atom. The molecule has 2 aromatic rings. The van der Waals surface area contributed by atoms with Gasteiger partial charge in [0.15, 0.2) is 12.4 Å². The molecule has 0 aliphatic carbocycles. The molecule has 4 N–H and O–H groups in total. The van der Waals surface area contributed by atoms with E-state index in [4.69, 9.17) is 9.62 Å². The number of ether oxygens (including phenoxy) is 2. The molecular formula is C28H38N4O9. The van der Waals surface area contributed by atoms with E-state index >= 15 is 0 Å². The van der Waals surface area contributed by atoms with Crippen LogP contribution in [0.4, 0.5) is 4.79 Å². The van der Waals surface area contributed by atoms with Crippen molar-refractivity contribution in [1.29, 1.82) is 0 Å². The average Bonchev–Trinajstić information content (AvgIpc) is 3.58. The van der Waals surface area contributed by atoms with E-state index in [2.05, 4.69) is 30.6 Å². The lowest BCUT2D eigenvalue weighted by Crippen LogP contribution is -2.56. The quantitative estimate of drug-likeness (QED) is 0.150. The third-order valence-electron chi connectivity index (χ3n) is 7.06.